The minimum absolute atomic E-state index is 0.0877. The van der Waals surface area contributed by atoms with Gasteiger partial charge in [0.2, 0.25) is 11.8 Å². The second-order valence-corrected chi connectivity index (χ2v) is 5.55. The van der Waals surface area contributed by atoms with Gasteiger partial charge in [-0.2, -0.15) is 5.26 Å². The molecule has 4 heteroatoms. The van der Waals surface area contributed by atoms with Gasteiger partial charge in [0, 0.05) is 6.42 Å². The Morgan fingerprint density at radius 2 is 1.83 bits per heavy atom. The predicted molar refractivity (Wildman–Crippen MR) is 66.3 cm³/mol. The molecule has 0 aromatic carbocycles. The molecule has 1 aliphatic heterocycles. The van der Waals surface area contributed by atoms with E-state index in [0.29, 0.717) is 19.3 Å². The third-order valence-corrected chi connectivity index (χ3v) is 4.76. The van der Waals surface area contributed by atoms with Gasteiger partial charge in [-0.05, 0) is 25.7 Å². The van der Waals surface area contributed by atoms with Crippen molar-refractivity contribution in [1.29, 1.82) is 5.26 Å². The summed E-state index contributed by atoms with van der Waals surface area (Å²) in [6.45, 7) is 3.74. The van der Waals surface area contributed by atoms with E-state index >= 15 is 0 Å². The maximum atomic E-state index is 12.6. The topological polar surface area (TPSA) is 61.2 Å². The molecule has 0 atom stereocenters. The van der Waals surface area contributed by atoms with Crippen molar-refractivity contribution in [2.24, 2.45) is 5.41 Å². The van der Waals surface area contributed by atoms with Crippen molar-refractivity contribution >= 4 is 11.8 Å². The Labute approximate surface area is 108 Å². The van der Waals surface area contributed by atoms with Gasteiger partial charge < -0.3 is 0 Å². The molecule has 1 saturated carbocycles. The molecule has 2 rings (SSSR count). The van der Waals surface area contributed by atoms with Crippen LogP contribution < -0.4 is 0 Å². The molecule has 2 fully saturated rings. The van der Waals surface area contributed by atoms with E-state index in [9.17, 15) is 14.9 Å². The lowest BCUT2D eigenvalue weighted by molar-refractivity contribution is -0.146. The summed E-state index contributed by atoms with van der Waals surface area (Å²) in [6, 6.07) is 2.21. The summed E-state index contributed by atoms with van der Waals surface area (Å²) in [7, 11) is 0. The molecule has 0 N–H and O–H groups in total. The SMILES string of the molecule is CCC(C#N)(CC)N1C(=O)CC2(CCCC2)C1=O. The standard InChI is InChI=1S/C14H20N2O2/c1-3-14(4-2,10-15)16-11(17)9-13(12(16)18)7-5-6-8-13/h3-9H2,1-2H3. The summed E-state index contributed by atoms with van der Waals surface area (Å²) in [4.78, 5) is 26.1. The highest BCUT2D eigenvalue weighted by Gasteiger charge is 2.57. The molecule has 0 bridgehead atoms. The molecule has 4 nitrogen and oxygen atoms in total. The smallest absolute Gasteiger partial charge is 0.237 e. The largest absolute Gasteiger partial charge is 0.274 e. The molecule has 0 radical (unpaired) electrons. The van der Waals surface area contributed by atoms with E-state index in [1.165, 1.54) is 4.90 Å². The van der Waals surface area contributed by atoms with Crippen molar-refractivity contribution < 1.29 is 9.59 Å². The predicted octanol–water partition coefficient (Wildman–Crippen LogP) is 2.39. The van der Waals surface area contributed by atoms with Crippen molar-refractivity contribution in [2.45, 2.75) is 64.3 Å². The summed E-state index contributed by atoms with van der Waals surface area (Å²) in [5, 5.41) is 9.41. The summed E-state index contributed by atoms with van der Waals surface area (Å²) in [5.74, 6) is -0.234. The summed E-state index contributed by atoms with van der Waals surface area (Å²) in [6.07, 6.45) is 4.98. The fourth-order valence-electron chi connectivity index (χ4n) is 3.44. The van der Waals surface area contributed by atoms with Gasteiger partial charge in [-0.3, -0.25) is 14.5 Å². The minimum atomic E-state index is -0.930. The second-order valence-electron chi connectivity index (χ2n) is 5.55. The molecule has 2 amide bonds. The third-order valence-electron chi connectivity index (χ3n) is 4.76. The normalized spacial score (nSPS) is 22.8. The van der Waals surface area contributed by atoms with Crippen molar-refractivity contribution in [2.75, 3.05) is 0 Å². The second kappa shape index (κ2) is 4.38. The van der Waals surface area contributed by atoms with Crippen LogP contribution >= 0.6 is 0 Å². The van der Waals surface area contributed by atoms with Gasteiger partial charge in [-0.25, -0.2) is 0 Å². The van der Waals surface area contributed by atoms with E-state index in [-0.39, 0.29) is 11.8 Å². The fraction of sp³-hybridized carbons (Fsp3) is 0.786. The number of nitriles is 1. The lowest BCUT2D eigenvalue weighted by Crippen LogP contribution is -2.51. The summed E-state index contributed by atoms with van der Waals surface area (Å²) >= 11 is 0. The first-order valence-electron chi connectivity index (χ1n) is 6.84. The van der Waals surface area contributed by atoms with Gasteiger partial charge >= 0.3 is 0 Å². The van der Waals surface area contributed by atoms with Crippen LogP contribution in [0.25, 0.3) is 0 Å². The number of carbonyl (C=O) groups is 2. The molecule has 2 aliphatic rings. The van der Waals surface area contributed by atoms with E-state index in [2.05, 4.69) is 6.07 Å². The van der Waals surface area contributed by atoms with Gasteiger partial charge in [-0.1, -0.05) is 26.7 Å². The number of hydrogen-bond acceptors (Lipinski definition) is 3. The highest BCUT2D eigenvalue weighted by atomic mass is 16.2. The highest BCUT2D eigenvalue weighted by molar-refractivity contribution is 6.07. The van der Waals surface area contributed by atoms with Gasteiger partial charge in [0.25, 0.3) is 0 Å². The van der Waals surface area contributed by atoms with Crippen molar-refractivity contribution in [3.63, 3.8) is 0 Å². The van der Waals surface area contributed by atoms with Crippen LogP contribution in [-0.2, 0) is 9.59 Å². The van der Waals surface area contributed by atoms with Crippen LogP contribution in [0.4, 0.5) is 0 Å². The Hall–Kier alpha value is -1.37. The van der Waals surface area contributed by atoms with E-state index in [1.54, 1.807) is 0 Å². The number of imide groups is 1. The van der Waals surface area contributed by atoms with Crippen LogP contribution in [0.5, 0.6) is 0 Å². The molecular weight excluding hydrogens is 228 g/mol. The maximum Gasteiger partial charge on any atom is 0.237 e. The first kappa shape index (κ1) is 13.1. The fourth-order valence-corrected chi connectivity index (χ4v) is 3.44. The van der Waals surface area contributed by atoms with Crippen LogP contribution in [-0.4, -0.2) is 22.3 Å². The monoisotopic (exact) mass is 248 g/mol. The quantitative estimate of drug-likeness (QED) is 0.720. The first-order valence-corrected chi connectivity index (χ1v) is 6.84. The zero-order valence-electron chi connectivity index (χ0n) is 11.2. The average Bonchev–Trinajstić information content (AvgIpc) is 2.93. The van der Waals surface area contributed by atoms with Gasteiger partial charge in [-0.15, -0.1) is 0 Å². The van der Waals surface area contributed by atoms with Crippen LogP contribution in [0.3, 0.4) is 0 Å². The highest BCUT2D eigenvalue weighted by Crippen LogP contribution is 2.49. The number of rotatable bonds is 3. The first-order chi connectivity index (χ1) is 8.55. The minimum Gasteiger partial charge on any atom is -0.274 e. The molecule has 1 aliphatic carbocycles. The van der Waals surface area contributed by atoms with Gasteiger partial charge in [0.05, 0.1) is 11.5 Å². The molecule has 1 spiro atoms. The van der Waals surface area contributed by atoms with Crippen molar-refractivity contribution in [3.8, 4) is 6.07 Å². The Morgan fingerprint density at radius 3 is 2.28 bits per heavy atom. The molecule has 0 aromatic heterocycles. The van der Waals surface area contributed by atoms with Crippen LogP contribution in [0.2, 0.25) is 0 Å². The zero-order chi connectivity index (χ0) is 13.4. The molecule has 1 heterocycles. The number of amides is 2. The average molecular weight is 248 g/mol. The van der Waals surface area contributed by atoms with Crippen LogP contribution in [0, 0.1) is 16.7 Å². The Morgan fingerprint density at radius 1 is 1.28 bits per heavy atom. The Kier molecular flexibility index (Phi) is 3.18. The number of likely N-dealkylation sites (tertiary alicyclic amines) is 1. The lowest BCUT2D eigenvalue weighted by atomic mass is 9.84. The van der Waals surface area contributed by atoms with E-state index in [4.69, 9.17) is 0 Å². The Balaban J connectivity index is 2.38. The van der Waals surface area contributed by atoms with Crippen molar-refractivity contribution in [3.05, 3.63) is 0 Å². The summed E-state index contributed by atoms with van der Waals surface area (Å²) in [5.41, 5.74) is -1.40. The van der Waals surface area contributed by atoms with Crippen LogP contribution in [0.15, 0.2) is 0 Å². The zero-order valence-corrected chi connectivity index (χ0v) is 11.2. The molecule has 18 heavy (non-hydrogen) atoms. The van der Waals surface area contributed by atoms with Crippen LogP contribution in [0.1, 0.15) is 58.8 Å². The molecule has 98 valence electrons. The number of nitrogens with zero attached hydrogens (tertiary/aromatic N) is 2. The maximum absolute atomic E-state index is 12.6. The van der Waals surface area contributed by atoms with E-state index in [0.717, 1.165) is 25.7 Å². The molecular formula is C14H20N2O2. The third kappa shape index (κ3) is 1.57. The molecule has 1 saturated heterocycles. The molecule has 0 aromatic rings. The molecule has 0 unspecified atom stereocenters. The van der Waals surface area contributed by atoms with E-state index in [1.807, 2.05) is 13.8 Å². The Bertz CT molecular complexity index is 412. The summed E-state index contributed by atoms with van der Waals surface area (Å²) < 4.78 is 0. The van der Waals surface area contributed by atoms with E-state index < -0.39 is 11.0 Å². The van der Waals surface area contributed by atoms with Gasteiger partial charge in [0.15, 0.2) is 0 Å². The number of hydrogen-bond donors (Lipinski definition) is 0. The van der Waals surface area contributed by atoms with Gasteiger partial charge in [0.1, 0.15) is 5.54 Å². The number of carbonyl (C=O) groups excluding carboxylic acids is 2. The lowest BCUT2D eigenvalue weighted by Gasteiger charge is -2.34. The van der Waals surface area contributed by atoms with Crippen molar-refractivity contribution in [1.82, 2.24) is 4.90 Å².